The number of aryl methyl sites for hydroxylation is 6. The molecule has 0 bridgehead atoms. The van der Waals surface area contributed by atoms with Crippen LogP contribution in [0.1, 0.15) is 39.5 Å². The normalized spacial score (nSPS) is 12.1. The van der Waals surface area contributed by atoms with Crippen molar-refractivity contribution in [2.75, 3.05) is 0 Å². The Hall–Kier alpha value is -7.06. The Morgan fingerprint density at radius 1 is 0.400 bits per heavy atom. The summed E-state index contributed by atoms with van der Waals surface area (Å²) in [7, 11) is 0. The standard InChI is InChI=1S/C52H40F3N5/c1-29-10-17-45-40(22-29)41-23-30(2)11-18-46(41)59(45)49-21-15-37(27-44(49)51-57-33(5)56-34(6)58-51)39-16-14-36(35-8-7-9-38(26-35)52(53,54)55)28-50(39)60-47-19-12-31(3)24-42(47)43-25-32(4)13-20-48(43)60/h7-28H,1-6H3. The van der Waals surface area contributed by atoms with E-state index in [-0.39, 0.29) is 0 Å². The van der Waals surface area contributed by atoms with Crippen LogP contribution in [0.15, 0.2) is 133 Å². The minimum absolute atomic E-state index is 0.481. The van der Waals surface area contributed by atoms with Gasteiger partial charge in [0.05, 0.1) is 39.0 Å². The Balaban J connectivity index is 1.29. The van der Waals surface area contributed by atoms with E-state index in [0.717, 1.165) is 88.9 Å². The molecular weight excluding hydrogens is 752 g/mol. The van der Waals surface area contributed by atoms with Crippen molar-refractivity contribution in [3.05, 3.63) is 173 Å². The first-order valence-corrected chi connectivity index (χ1v) is 20.0. The summed E-state index contributed by atoms with van der Waals surface area (Å²) in [6, 6.07) is 43.9. The predicted molar refractivity (Wildman–Crippen MR) is 238 cm³/mol. The highest BCUT2D eigenvalue weighted by atomic mass is 19.4. The highest BCUT2D eigenvalue weighted by molar-refractivity contribution is 6.11. The van der Waals surface area contributed by atoms with Crippen molar-refractivity contribution in [1.82, 2.24) is 24.1 Å². The van der Waals surface area contributed by atoms with Crippen LogP contribution in [0, 0.1) is 41.5 Å². The highest BCUT2D eigenvalue weighted by Crippen LogP contribution is 2.43. The van der Waals surface area contributed by atoms with Crippen LogP contribution >= 0.6 is 0 Å². The van der Waals surface area contributed by atoms with Gasteiger partial charge in [-0.15, -0.1) is 0 Å². The predicted octanol–water partition coefficient (Wildman–Crippen LogP) is 13.9. The van der Waals surface area contributed by atoms with Gasteiger partial charge in [-0.05, 0) is 137 Å². The van der Waals surface area contributed by atoms with Crippen LogP contribution in [0.25, 0.3) is 88.6 Å². The molecule has 0 N–H and O–H groups in total. The van der Waals surface area contributed by atoms with Crippen LogP contribution in [0.2, 0.25) is 0 Å². The highest BCUT2D eigenvalue weighted by Gasteiger charge is 2.30. The van der Waals surface area contributed by atoms with E-state index in [1.165, 1.54) is 23.3 Å². The smallest absolute Gasteiger partial charge is 0.309 e. The van der Waals surface area contributed by atoms with Crippen molar-refractivity contribution in [3.8, 4) is 45.0 Å². The molecule has 0 radical (unpaired) electrons. The molecule has 10 aromatic rings. The van der Waals surface area contributed by atoms with Gasteiger partial charge in [0.15, 0.2) is 5.82 Å². The van der Waals surface area contributed by atoms with E-state index >= 15 is 0 Å². The molecule has 60 heavy (non-hydrogen) atoms. The molecule has 7 aromatic carbocycles. The van der Waals surface area contributed by atoms with Crippen molar-refractivity contribution >= 4 is 43.6 Å². The summed E-state index contributed by atoms with van der Waals surface area (Å²) < 4.78 is 46.7. The lowest BCUT2D eigenvalue weighted by Gasteiger charge is -2.19. The molecule has 0 unspecified atom stereocenters. The molecule has 0 amide bonds. The molecule has 0 aliphatic carbocycles. The number of halogens is 3. The minimum Gasteiger partial charge on any atom is -0.309 e. The number of hydrogen-bond acceptors (Lipinski definition) is 3. The topological polar surface area (TPSA) is 48.5 Å². The third-order valence-electron chi connectivity index (χ3n) is 11.6. The molecule has 8 heteroatoms. The van der Waals surface area contributed by atoms with Crippen molar-refractivity contribution in [1.29, 1.82) is 0 Å². The zero-order chi connectivity index (χ0) is 41.6. The molecule has 3 aromatic heterocycles. The van der Waals surface area contributed by atoms with Crippen molar-refractivity contribution in [2.24, 2.45) is 0 Å². The largest absolute Gasteiger partial charge is 0.416 e. The first kappa shape index (κ1) is 37.2. The van der Waals surface area contributed by atoms with Gasteiger partial charge in [0.1, 0.15) is 11.6 Å². The van der Waals surface area contributed by atoms with Gasteiger partial charge in [-0.2, -0.15) is 13.2 Å². The fraction of sp³-hybridized carbons (Fsp3) is 0.135. The third-order valence-corrected chi connectivity index (χ3v) is 11.6. The van der Waals surface area contributed by atoms with Crippen LogP contribution in [-0.4, -0.2) is 24.1 Å². The molecule has 0 aliphatic heterocycles. The average molecular weight is 792 g/mol. The Morgan fingerprint density at radius 3 is 1.37 bits per heavy atom. The molecule has 0 atom stereocenters. The molecule has 0 fully saturated rings. The van der Waals surface area contributed by atoms with E-state index in [4.69, 9.17) is 9.97 Å². The van der Waals surface area contributed by atoms with Crippen LogP contribution < -0.4 is 0 Å². The summed E-state index contributed by atoms with van der Waals surface area (Å²) in [5, 5.41) is 4.54. The van der Waals surface area contributed by atoms with E-state index in [1.807, 2.05) is 32.0 Å². The van der Waals surface area contributed by atoms with E-state index in [2.05, 4.69) is 133 Å². The Bertz CT molecular complexity index is 3250. The molecule has 3 heterocycles. The quantitative estimate of drug-likeness (QED) is 0.174. The van der Waals surface area contributed by atoms with E-state index in [1.54, 1.807) is 6.07 Å². The summed E-state index contributed by atoms with van der Waals surface area (Å²) in [5.41, 5.74) is 13.6. The van der Waals surface area contributed by atoms with Gasteiger partial charge < -0.3 is 9.13 Å². The molecule has 0 saturated carbocycles. The number of hydrogen-bond donors (Lipinski definition) is 0. The number of rotatable bonds is 5. The third kappa shape index (κ3) is 6.22. The SMILES string of the molecule is Cc1ccc2c(c1)c1cc(C)ccc1n2-c1cc(-c2cccc(C(F)(F)F)c2)ccc1-c1ccc(-n2c3ccc(C)cc3c3cc(C)ccc32)c(-c2nc(C)nc(C)n2)c1. The van der Waals surface area contributed by atoms with Crippen molar-refractivity contribution in [3.63, 3.8) is 0 Å². The van der Waals surface area contributed by atoms with Gasteiger partial charge in [0.2, 0.25) is 0 Å². The first-order chi connectivity index (χ1) is 28.8. The zero-order valence-electron chi connectivity index (χ0n) is 34.1. The Labute approximate surface area is 345 Å². The first-order valence-electron chi connectivity index (χ1n) is 20.0. The Kier molecular flexibility index (Phi) is 8.54. The van der Waals surface area contributed by atoms with Gasteiger partial charge >= 0.3 is 6.18 Å². The van der Waals surface area contributed by atoms with Crippen LogP contribution in [0.5, 0.6) is 0 Å². The van der Waals surface area contributed by atoms with Gasteiger partial charge in [0.25, 0.3) is 0 Å². The van der Waals surface area contributed by atoms with Gasteiger partial charge in [-0.3, -0.25) is 0 Å². The fourth-order valence-electron chi connectivity index (χ4n) is 8.85. The van der Waals surface area contributed by atoms with Gasteiger partial charge in [-0.25, -0.2) is 15.0 Å². The lowest BCUT2D eigenvalue weighted by Crippen LogP contribution is -2.05. The number of alkyl halides is 3. The second kappa shape index (κ2) is 13.8. The number of benzene rings is 7. The van der Waals surface area contributed by atoms with Crippen molar-refractivity contribution in [2.45, 2.75) is 47.7 Å². The van der Waals surface area contributed by atoms with Gasteiger partial charge in [0, 0.05) is 32.7 Å². The summed E-state index contributed by atoms with van der Waals surface area (Å²) in [6.45, 7) is 12.2. The second-order valence-electron chi connectivity index (χ2n) is 16.0. The second-order valence-corrected chi connectivity index (χ2v) is 16.0. The minimum atomic E-state index is -4.47. The molecule has 0 spiro atoms. The summed E-state index contributed by atoms with van der Waals surface area (Å²) >= 11 is 0. The number of aromatic nitrogens is 5. The maximum absolute atomic E-state index is 14.0. The van der Waals surface area contributed by atoms with Crippen LogP contribution in [0.3, 0.4) is 0 Å². The molecule has 294 valence electrons. The average Bonchev–Trinajstić information content (AvgIpc) is 3.70. The molecular formula is C52H40F3N5. The maximum Gasteiger partial charge on any atom is 0.416 e. The summed E-state index contributed by atoms with van der Waals surface area (Å²) in [4.78, 5) is 14.4. The molecule has 0 aliphatic rings. The monoisotopic (exact) mass is 791 g/mol. The van der Waals surface area contributed by atoms with E-state index in [0.29, 0.717) is 28.6 Å². The van der Waals surface area contributed by atoms with Crippen LogP contribution in [-0.2, 0) is 6.18 Å². The lowest BCUT2D eigenvalue weighted by molar-refractivity contribution is -0.137. The van der Waals surface area contributed by atoms with E-state index in [9.17, 15) is 13.2 Å². The fourth-order valence-corrected chi connectivity index (χ4v) is 8.85. The molecule has 0 saturated heterocycles. The number of fused-ring (bicyclic) bond motifs is 6. The summed E-state index contributed by atoms with van der Waals surface area (Å²) in [6.07, 6.45) is -4.47. The van der Waals surface area contributed by atoms with Crippen molar-refractivity contribution < 1.29 is 13.2 Å². The lowest BCUT2D eigenvalue weighted by atomic mass is 9.95. The number of nitrogens with zero attached hydrogens (tertiary/aromatic N) is 5. The van der Waals surface area contributed by atoms with E-state index < -0.39 is 11.7 Å². The van der Waals surface area contributed by atoms with Crippen LogP contribution in [0.4, 0.5) is 13.2 Å². The maximum atomic E-state index is 14.0. The molecule has 10 rings (SSSR count). The summed E-state index contributed by atoms with van der Waals surface area (Å²) in [5.74, 6) is 1.78. The molecule has 5 nitrogen and oxygen atoms in total. The van der Waals surface area contributed by atoms with Gasteiger partial charge in [-0.1, -0.05) is 76.9 Å². The zero-order valence-corrected chi connectivity index (χ0v) is 34.1. The Morgan fingerprint density at radius 2 is 0.867 bits per heavy atom.